The third kappa shape index (κ3) is 7.97. The van der Waals surface area contributed by atoms with Crippen molar-refractivity contribution in [2.75, 3.05) is 33.2 Å². The highest BCUT2D eigenvalue weighted by Gasteiger charge is 2.20. The smallest absolute Gasteiger partial charge is 0.191 e. The predicted molar refractivity (Wildman–Crippen MR) is 94.5 cm³/mol. The summed E-state index contributed by atoms with van der Waals surface area (Å²) in [4.78, 5) is 7.11. The second-order valence-corrected chi connectivity index (χ2v) is 5.61. The first kappa shape index (κ1) is 19.0. The normalized spacial score (nSPS) is 20.5. The molecule has 5 heteroatoms. The molecule has 0 aromatic rings. The molecule has 1 atom stereocenters. The number of aliphatic imine (C=N–C) groups is 1. The zero-order valence-corrected chi connectivity index (χ0v) is 15.2. The topological polar surface area (TPSA) is 39.7 Å². The van der Waals surface area contributed by atoms with E-state index < -0.39 is 0 Å². The van der Waals surface area contributed by atoms with Crippen LogP contribution < -0.4 is 10.6 Å². The Morgan fingerprint density at radius 3 is 2.63 bits per heavy atom. The number of guanidine groups is 1. The van der Waals surface area contributed by atoms with Gasteiger partial charge >= 0.3 is 0 Å². The number of nitrogens with zero attached hydrogens (tertiary/aromatic N) is 2. The Morgan fingerprint density at radius 1 is 1.37 bits per heavy atom. The highest BCUT2D eigenvalue weighted by molar-refractivity contribution is 14.0. The van der Waals surface area contributed by atoms with Crippen LogP contribution in [-0.2, 0) is 0 Å². The van der Waals surface area contributed by atoms with E-state index in [4.69, 9.17) is 4.99 Å². The maximum absolute atomic E-state index is 4.70. The van der Waals surface area contributed by atoms with Gasteiger partial charge in [0.05, 0.1) is 6.54 Å². The van der Waals surface area contributed by atoms with Gasteiger partial charge in [-0.1, -0.05) is 13.8 Å². The summed E-state index contributed by atoms with van der Waals surface area (Å²) in [5.41, 5.74) is 0. The van der Waals surface area contributed by atoms with E-state index in [1.54, 1.807) is 0 Å². The van der Waals surface area contributed by atoms with E-state index in [9.17, 15) is 0 Å². The second kappa shape index (κ2) is 10.7. The molecule has 0 spiro atoms. The third-order valence-electron chi connectivity index (χ3n) is 3.49. The number of rotatable bonds is 6. The Kier molecular flexibility index (Phi) is 10.7. The average molecular weight is 382 g/mol. The lowest BCUT2D eigenvalue weighted by Gasteiger charge is -2.18. The van der Waals surface area contributed by atoms with Gasteiger partial charge in [0.1, 0.15) is 0 Å². The molecule has 0 aromatic heterocycles. The van der Waals surface area contributed by atoms with Crippen LogP contribution in [0.2, 0.25) is 0 Å². The monoisotopic (exact) mass is 382 g/mol. The van der Waals surface area contributed by atoms with E-state index in [2.05, 4.69) is 43.4 Å². The van der Waals surface area contributed by atoms with Crippen molar-refractivity contribution < 1.29 is 0 Å². The SMILES string of the molecule is CCNC(=NCC1CCCN1C)NCCC(C)C.I. The Morgan fingerprint density at radius 2 is 2.11 bits per heavy atom. The van der Waals surface area contributed by atoms with Gasteiger partial charge in [-0.25, -0.2) is 0 Å². The maximum atomic E-state index is 4.70. The molecule has 1 rings (SSSR count). The zero-order valence-electron chi connectivity index (χ0n) is 12.9. The lowest BCUT2D eigenvalue weighted by Crippen LogP contribution is -2.39. The molecule has 114 valence electrons. The zero-order chi connectivity index (χ0) is 13.4. The van der Waals surface area contributed by atoms with Crippen molar-refractivity contribution in [1.29, 1.82) is 0 Å². The van der Waals surface area contributed by atoms with E-state index >= 15 is 0 Å². The standard InChI is InChI=1S/C14H30N4.HI/c1-5-15-14(16-9-8-12(2)3)17-11-13-7-6-10-18(13)4;/h12-13H,5-11H2,1-4H3,(H2,15,16,17);1H. The Balaban J connectivity index is 0.00000324. The first-order chi connectivity index (χ1) is 8.63. The van der Waals surface area contributed by atoms with Gasteiger partial charge in [0.15, 0.2) is 5.96 Å². The summed E-state index contributed by atoms with van der Waals surface area (Å²) in [5, 5.41) is 6.73. The molecule has 0 aliphatic carbocycles. The van der Waals surface area contributed by atoms with Crippen LogP contribution in [0.5, 0.6) is 0 Å². The van der Waals surface area contributed by atoms with Gasteiger partial charge in [-0.2, -0.15) is 0 Å². The van der Waals surface area contributed by atoms with Gasteiger partial charge < -0.3 is 15.5 Å². The van der Waals surface area contributed by atoms with E-state index in [1.807, 2.05) is 0 Å². The number of halogens is 1. The van der Waals surface area contributed by atoms with E-state index in [0.29, 0.717) is 6.04 Å². The molecule has 0 aromatic carbocycles. The minimum absolute atomic E-state index is 0. The van der Waals surface area contributed by atoms with Crippen LogP contribution in [0.1, 0.15) is 40.0 Å². The second-order valence-electron chi connectivity index (χ2n) is 5.61. The summed E-state index contributed by atoms with van der Waals surface area (Å²) in [5.74, 6) is 1.71. The number of likely N-dealkylation sites (N-methyl/N-ethyl adjacent to an activating group) is 1. The first-order valence-corrected chi connectivity index (χ1v) is 7.36. The fourth-order valence-corrected chi connectivity index (χ4v) is 2.23. The Labute approximate surface area is 135 Å². The fourth-order valence-electron chi connectivity index (χ4n) is 2.23. The van der Waals surface area contributed by atoms with Crippen molar-refractivity contribution in [3.8, 4) is 0 Å². The minimum atomic E-state index is 0. The van der Waals surface area contributed by atoms with Crippen LogP contribution in [0.3, 0.4) is 0 Å². The van der Waals surface area contributed by atoms with Crippen molar-refractivity contribution in [2.45, 2.75) is 46.1 Å². The summed E-state index contributed by atoms with van der Waals surface area (Å²) >= 11 is 0. The Bertz CT molecular complexity index is 256. The van der Waals surface area contributed by atoms with Crippen LogP contribution in [0.15, 0.2) is 4.99 Å². The summed E-state index contributed by atoms with van der Waals surface area (Å²) in [6, 6.07) is 0.630. The summed E-state index contributed by atoms with van der Waals surface area (Å²) in [7, 11) is 2.20. The molecular formula is C14H31IN4. The van der Waals surface area contributed by atoms with Crippen LogP contribution in [0.4, 0.5) is 0 Å². The molecule has 1 unspecified atom stereocenters. The van der Waals surface area contributed by atoms with Crippen molar-refractivity contribution >= 4 is 29.9 Å². The molecule has 0 radical (unpaired) electrons. The molecule has 1 aliphatic heterocycles. The lowest BCUT2D eigenvalue weighted by molar-refractivity contribution is 0.317. The molecule has 1 heterocycles. The minimum Gasteiger partial charge on any atom is -0.357 e. The molecule has 0 amide bonds. The molecule has 1 fully saturated rings. The number of hydrogen-bond donors (Lipinski definition) is 2. The van der Waals surface area contributed by atoms with Crippen molar-refractivity contribution in [3.05, 3.63) is 0 Å². The largest absolute Gasteiger partial charge is 0.357 e. The number of hydrogen-bond acceptors (Lipinski definition) is 2. The van der Waals surface area contributed by atoms with Gasteiger partial charge in [0, 0.05) is 19.1 Å². The molecule has 1 aliphatic rings. The molecule has 1 saturated heterocycles. The van der Waals surface area contributed by atoms with Crippen LogP contribution in [0, 0.1) is 5.92 Å². The summed E-state index contributed by atoms with van der Waals surface area (Å²) in [6.45, 7) is 10.7. The quantitative estimate of drug-likeness (QED) is 0.421. The number of nitrogens with one attached hydrogen (secondary N) is 2. The highest BCUT2D eigenvalue weighted by Crippen LogP contribution is 2.14. The van der Waals surface area contributed by atoms with Gasteiger partial charge in [-0.05, 0) is 45.7 Å². The molecule has 0 saturated carbocycles. The van der Waals surface area contributed by atoms with Crippen LogP contribution in [-0.4, -0.2) is 50.1 Å². The molecule has 2 N–H and O–H groups in total. The van der Waals surface area contributed by atoms with Gasteiger partial charge in [-0.15, -0.1) is 24.0 Å². The number of likely N-dealkylation sites (tertiary alicyclic amines) is 1. The molecule has 4 nitrogen and oxygen atoms in total. The lowest BCUT2D eigenvalue weighted by atomic mass is 10.1. The van der Waals surface area contributed by atoms with E-state index in [0.717, 1.165) is 31.5 Å². The van der Waals surface area contributed by atoms with Crippen molar-refractivity contribution in [2.24, 2.45) is 10.9 Å². The molecule has 0 bridgehead atoms. The van der Waals surface area contributed by atoms with Crippen molar-refractivity contribution in [3.63, 3.8) is 0 Å². The highest BCUT2D eigenvalue weighted by atomic mass is 127. The van der Waals surface area contributed by atoms with Crippen LogP contribution >= 0.6 is 24.0 Å². The Hall–Kier alpha value is -0.0400. The average Bonchev–Trinajstić information content (AvgIpc) is 2.71. The fraction of sp³-hybridized carbons (Fsp3) is 0.929. The van der Waals surface area contributed by atoms with Crippen molar-refractivity contribution in [1.82, 2.24) is 15.5 Å². The first-order valence-electron chi connectivity index (χ1n) is 7.36. The maximum Gasteiger partial charge on any atom is 0.191 e. The summed E-state index contributed by atoms with van der Waals surface area (Å²) < 4.78 is 0. The van der Waals surface area contributed by atoms with Crippen LogP contribution in [0.25, 0.3) is 0 Å². The molecule has 19 heavy (non-hydrogen) atoms. The predicted octanol–water partition coefficient (Wildman–Crippen LogP) is 2.30. The molecular weight excluding hydrogens is 351 g/mol. The van der Waals surface area contributed by atoms with Gasteiger partial charge in [0.25, 0.3) is 0 Å². The third-order valence-corrected chi connectivity index (χ3v) is 3.49. The van der Waals surface area contributed by atoms with Gasteiger partial charge in [0.2, 0.25) is 0 Å². The van der Waals surface area contributed by atoms with E-state index in [-0.39, 0.29) is 24.0 Å². The summed E-state index contributed by atoms with van der Waals surface area (Å²) in [6.07, 6.45) is 3.78. The van der Waals surface area contributed by atoms with Gasteiger partial charge in [-0.3, -0.25) is 4.99 Å². The van der Waals surface area contributed by atoms with E-state index in [1.165, 1.54) is 25.8 Å².